The second-order valence-corrected chi connectivity index (χ2v) is 5.78. The molecule has 0 amide bonds. The highest BCUT2D eigenvalue weighted by Crippen LogP contribution is 2.22. The molecule has 2 heterocycles. The van der Waals surface area contributed by atoms with Crippen molar-refractivity contribution in [1.82, 2.24) is 4.90 Å². The van der Waals surface area contributed by atoms with Crippen molar-refractivity contribution < 1.29 is 8.63 Å². The maximum Gasteiger partial charge on any atom is 0.122 e. The van der Waals surface area contributed by atoms with Crippen LogP contribution in [-0.4, -0.2) is 40.2 Å². The number of hydrogen-bond acceptors (Lipinski definition) is 4. The Morgan fingerprint density at radius 1 is 1.50 bits per heavy atom. The van der Waals surface area contributed by atoms with Gasteiger partial charge in [-0.2, -0.15) is 0 Å². The van der Waals surface area contributed by atoms with E-state index in [1.807, 2.05) is 19.1 Å². The van der Waals surface area contributed by atoms with E-state index in [-0.39, 0.29) is 6.04 Å². The fourth-order valence-electron chi connectivity index (χ4n) is 2.04. The SMILES string of the molecule is Cc1ccc(C(CN)N2CCS(=O)CC2)o1. The van der Waals surface area contributed by atoms with Gasteiger partial charge in [0.1, 0.15) is 11.5 Å². The van der Waals surface area contributed by atoms with E-state index in [1.165, 1.54) is 0 Å². The monoisotopic (exact) mass is 242 g/mol. The molecule has 1 aromatic rings. The first-order valence-electron chi connectivity index (χ1n) is 5.56. The van der Waals surface area contributed by atoms with Crippen LogP contribution in [0.2, 0.25) is 0 Å². The number of rotatable bonds is 3. The Morgan fingerprint density at radius 2 is 2.19 bits per heavy atom. The summed E-state index contributed by atoms with van der Waals surface area (Å²) in [6.07, 6.45) is 0. The lowest BCUT2D eigenvalue weighted by molar-refractivity contribution is 0.194. The Morgan fingerprint density at radius 3 is 2.69 bits per heavy atom. The number of hydrogen-bond donors (Lipinski definition) is 1. The van der Waals surface area contributed by atoms with Gasteiger partial charge in [0.05, 0.1) is 6.04 Å². The molecule has 2 N–H and O–H groups in total. The summed E-state index contributed by atoms with van der Waals surface area (Å²) in [6.45, 7) is 4.16. The molecule has 16 heavy (non-hydrogen) atoms. The highest BCUT2D eigenvalue weighted by molar-refractivity contribution is 7.85. The van der Waals surface area contributed by atoms with Gasteiger partial charge in [0.15, 0.2) is 0 Å². The molecule has 5 heteroatoms. The molecule has 4 nitrogen and oxygen atoms in total. The molecule has 1 saturated heterocycles. The van der Waals surface area contributed by atoms with Crippen LogP contribution in [0.25, 0.3) is 0 Å². The van der Waals surface area contributed by atoms with Crippen molar-refractivity contribution in [1.29, 1.82) is 0 Å². The summed E-state index contributed by atoms with van der Waals surface area (Å²) in [4.78, 5) is 2.26. The Balaban J connectivity index is 2.07. The molecule has 1 atom stereocenters. The van der Waals surface area contributed by atoms with E-state index in [4.69, 9.17) is 10.2 Å². The maximum atomic E-state index is 11.3. The molecule has 0 bridgehead atoms. The number of nitrogens with zero attached hydrogens (tertiary/aromatic N) is 1. The Hall–Kier alpha value is -0.650. The van der Waals surface area contributed by atoms with Gasteiger partial charge in [-0.05, 0) is 19.1 Å². The molecule has 1 unspecified atom stereocenters. The topological polar surface area (TPSA) is 59.5 Å². The van der Waals surface area contributed by atoms with E-state index in [1.54, 1.807) is 0 Å². The summed E-state index contributed by atoms with van der Waals surface area (Å²) in [7, 11) is -0.644. The van der Waals surface area contributed by atoms with Crippen molar-refractivity contribution in [3.63, 3.8) is 0 Å². The minimum Gasteiger partial charge on any atom is -0.465 e. The van der Waals surface area contributed by atoms with E-state index < -0.39 is 10.8 Å². The summed E-state index contributed by atoms with van der Waals surface area (Å²) < 4.78 is 16.9. The van der Waals surface area contributed by atoms with Gasteiger partial charge < -0.3 is 10.2 Å². The lowest BCUT2D eigenvalue weighted by Crippen LogP contribution is -2.42. The van der Waals surface area contributed by atoms with Crippen molar-refractivity contribution >= 4 is 10.8 Å². The first kappa shape index (κ1) is 11.8. The molecule has 1 aliphatic heterocycles. The second-order valence-electron chi connectivity index (χ2n) is 4.08. The molecule has 0 aliphatic carbocycles. The molecular formula is C11H18N2O2S. The normalized spacial score (nSPS) is 21.1. The van der Waals surface area contributed by atoms with Crippen LogP contribution in [0.3, 0.4) is 0 Å². The van der Waals surface area contributed by atoms with E-state index >= 15 is 0 Å². The molecular weight excluding hydrogens is 224 g/mol. The standard InChI is InChI=1S/C11H18N2O2S/c1-9-2-3-11(15-9)10(8-12)13-4-6-16(14)7-5-13/h2-3,10H,4-8,12H2,1H3. The van der Waals surface area contributed by atoms with Gasteiger partial charge in [0.25, 0.3) is 0 Å². The average Bonchev–Trinajstić information content (AvgIpc) is 2.69. The lowest BCUT2D eigenvalue weighted by atomic mass is 10.2. The Labute approximate surface area is 98.2 Å². The summed E-state index contributed by atoms with van der Waals surface area (Å²) in [5.74, 6) is 3.33. The van der Waals surface area contributed by atoms with Crippen molar-refractivity contribution in [3.8, 4) is 0 Å². The van der Waals surface area contributed by atoms with Crippen LogP contribution in [-0.2, 0) is 10.8 Å². The summed E-state index contributed by atoms with van der Waals surface area (Å²) >= 11 is 0. The van der Waals surface area contributed by atoms with Crippen LogP contribution in [0.1, 0.15) is 17.6 Å². The first-order chi connectivity index (χ1) is 7.70. The second kappa shape index (κ2) is 5.12. The molecule has 0 aromatic carbocycles. The molecule has 0 spiro atoms. The predicted octanol–water partition coefficient (Wildman–Crippen LogP) is 0.652. The highest BCUT2D eigenvalue weighted by atomic mass is 32.2. The van der Waals surface area contributed by atoms with Crippen molar-refractivity contribution in [2.24, 2.45) is 5.73 Å². The Kier molecular flexibility index (Phi) is 3.78. The van der Waals surface area contributed by atoms with Gasteiger partial charge in [-0.3, -0.25) is 9.11 Å². The number of aryl methyl sites for hydroxylation is 1. The van der Waals surface area contributed by atoms with Gasteiger partial charge in [-0.1, -0.05) is 0 Å². The molecule has 0 saturated carbocycles. The maximum absolute atomic E-state index is 11.3. The van der Waals surface area contributed by atoms with E-state index in [0.717, 1.165) is 36.1 Å². The van der Waals surface area contributed by atoms with Crippen LogP contribution in [0.15, 0.2) is 16.5 Å². The van der Waals surface area contributed by atoms with Gasteiger partial charge in [-0.15, -0.1) is 0 Å². The van der Waals surface area contributed by atoms with Crippen LogP contribution in [0, 0.1) is 6.92 Å². The zero-order chi connectivity index (χ0) is 11.5. The third kappa shape index (κ3) is 2.53. The molecule has 1 fully saturated rings. The van der Waals surface area contributed by atoms with Crippen LogP contribution < -0.4 is 5.73 Å². The van der Waals surface area contributed by atoms with Crippen molar-refractivity contribution in [2.75, 3.05) is 31.1 Å². The van der Waals surface area contributed by atoms with E-state index in [2.05, 4.69) is 4.90 Å². The van der Waals surface area contributed by atoms with Gasteiger partial charge in [0.2, 0.25) is 0 Å². The first-order valence-corrected chi connectivity index (χ1v) is 7.05. The minimum absolute atomic E-state index is 0.131. The lowest BCUT2D eigenvalue weighted by Gasteiger charge is -2.32. The number of nitrogens with two attached hydrogens (primary N) is 1. The third-order valence-corrected chi connectivity index (χ3v) is 4.24. The molecule has 1 aliphatic rings. The average molecular weight is 242 g/mol. The van der Waals surface area contributed by atoms with Crippen LogP contribution in [0.4, 0.5) is 0 Å². The largest absolute Gasteiger partial charge is 0.465 e. The van der Waals surface area contributed by atoms with Crippen molar-refractivity contribution in [2.45, 2.75) is 13.0 Å². The summed E-state index contributed by atoms with van der Waals surface area (Å²) in [5.41, 5.74) is 5.80. The fraction of sp³-hybridized carbons (Fsp3) is 0.636. The van der Waals surface area contributed by atoms with Crippen molar-refractivity contribution in [3.05, 3.63) is 23.7 Å². The van der Waals surface area contributed by atoms with Gasteiger partial charge in [0, 0.05) is 41.9 Å². The molecule has 2 rings (SSSR count). The van der Waals surface area contributed by atoms with Crippen LogP contribution >= 0.6 is 0 Å². The van der Waals surface area contributed by atoms with Crippen LogP contribution in [0.5, 0.6) is 0 Å². The highest BCUT2D eigenvalue weighted by Gasteiger charge is 2.25. The molecule has 1 aromatic heterocycles. The third-order valence-electron chi connectivity index (χ3n) is 2.97. The molecule has 0 radical (unpaired) electrons. The minimum atomic E-state index is -0.644. The summed E-state index contributed by atoms with van der Waals surface area (Å²) in [5, 5.41) is 0. The predicted molar refractivity (Wildman–Crippen MR) is 64.7 cm³/mol. The van der Waals surface area contributed by atoms with E-state index in [9.17, 15) is 4.21 Å². The smallest absolute Gasteiger partial charge is 0.122 e. The number of furan rings is 1. The zero-order valence-electron chi connectivity index (χ0n) is 9.52. The zero-order valence-corrected chi connectivity index (χ0v) is 10.3. The van der Waals surface area contributed by atoms with Gasteiger partial charge in [-0.25, -0.2) is 0 Å². The van der Waals surface area contributed by atoms with Gasteiger partial charge >= 0.3 is 0 Å². The van der Waals surface area contributed by atoms with E-state index in [0.29, 0.717) is 6.54 Å². The molecule has 90 valence electrons. The fourth-order valence-corrected chi connectivity index (χ4v) is 3.12. The quantitative estimate of drug-likeness (QED) is 0.845. The summed E-state index contributed by atoms with van der Waals surface area (Å²) in [6, 6.07) is 4.07. The Bertz CT molecular complexity index is 368.